The van der Waals surface area contributed by atoms with Crippen molar-refractivity contribution < 1.29 is 0 Å². The highest BCUT2D eigenvalue weighted by atomic mass is 31.1. The fourth-order valence-electron chi connectivity index (χ4n) is 4.12. The predicted molar refractivity (Wildman–Crippen MR) is 134 cm³/mol. The van der Waals surface area contributed by atoms with E-state index in [4.69, 9.17) is 0 Å². The van der Waals surface area contributed by atoms with Crippen LogP contribution < -0.4 is 9.34 Å². The molecule has 0 radical (unpaired) electrons. The molecule has 0 atom stereocenters. The summed E-state index contributed by atoms with van der Waals surface area (Å²) in [5, 5.41) is 0. The van der Waals surface area contributed by atoms with Gasteiger partial charge in [-0.2, -0.15) is 0 Å². The molecule has 0 spiro atoms. The van der Waals surface area contributed by atoms with Gasteiger partial charge >= 0.3 is 0 Å². The number of anilines is 2. The number of para-hydroxylation sites is 2. The molecule has 2 aromatic rings. The lowest BCUT2D eigenvalue weighted by molar-refractivity contribution is 0.829. The Morgan fingerprint density at radius 1 is 0.517 bits per heavy atom. The van der Waals surface area contributed by atoms with Gasteiger partial charge in [-0.1, -0.05) is 91.8 Å². The van der Waals surface area contributed by atoms with Crippen molar-refractivity contribution in [3.63, 3.8) is 0 Å². The summed E-state index contributed by atoms with van der Waals surface area (Å²) in [5.74, 6) is 2.04. The molecule has 0 N–H and O–H groups in total. The van der Waals surface area contributed by atoms with Crippen LogP contribution in [0.1, 0.15) is 101 Å². The van der Waals surface area contributed by atoms with Crippen molar-refractivity contribution in [2.24, 2.45) is 0 Å². The Kier molecular flexibility index (Phi) is 8.18. The first kappa shape index (κ1) is 23.7. The third-order valence-electron chi connectivity index (χ3n) is 5.66. The molecule has 29 heavy (non-hydrogen) atoms. The number of hydrogen-bond donors (Lipinski definition) is 0. The minimum absolute atomic E-state index is 0.510. The highest BCUT2D eigenvalue weighted by Crippen LogP contribution is 2.44. The lowest BCUT2D eigenvalue weighted by Gasteiger charge is -2.34. The van der Waals surface area contributed by atoms with Gasteiger partial charge in [0, 0.05) is 25.5 Å². The highest BCUT2D eigenvalue weighted by Gasteiger charge is 2.21. The van der Waals surface area contributed by atoms with E-state index in [9.17, 15) is 0 Å². The van der Waals surface area contributed by atoms with E-state index in [0.29, 0.717) is 32.6 Å². The van der Waals surface area contributed by atoms with Crippen molar-refractivity contribution in [1.29, 1.82) is 0 Å². The Morgan fingerprint density at radius 2 is 0.759 bits per heavy atom. The van der Waals surface area contributed by atoms with Gasteiger partial charge in [-0.25, -0.2) is 0 Å². The van der Waals surface area contributed by atoms with Crippen LogP contribution in [0, 0.1) is 0 Å². The highest BCUT2D eigenvalue weighted by molar-refractivity contribution is 7.42. The fourth-order valence-corrected chi connectivity index (χ4v) is 5.29. The Morgan fingerprint density at radius 3 is 0.966 bits per heavy atom. The summed E-state index contributed by atoms with van der Waals surface area (Å²) in [5.41, 5.74) is 8.61. The van der Waals surface area contributed by atoms with Gasteiger partial charge in [0.2, 0.25) is 0 Å². The van der Waals surface area contributed by atoms with Gasteiger partial charge in [0.15, 0.2) is 0 Å². The topological polar surface area (TPSA) is 6.48 Å². The second-order valence-corrected chi connectivity index (χ2v) is 10.9. The van der Waals surface area contributed by atoms with Gasteiger partial charge < -0.3 is 9.34 Å². The summed E-state index contributed by atoms with van der Waals surface area (Å²) in [4.78, 5) is 0. The third-order valence-corrected chi connectivity index (χ3v) is 6.70. The molecular weight excluding hydrogens is 371 g/mol. The molecule has 0 heterocycles. The summed E-state index contributed by atoms with van der Waals surface area (Å²) in [7, 11) is 5.08. The molecule has 0 aliphatic carbocycles. The van der Waals surface area contributed by atoms with Crippen LogP contribution in [0.25, 0.3) is 0 Å². The maximum atomic E-state index is 2.48. The summed E-state index contributed by atoms with van der Waals surface area (Å²) in [6, 6.07) is 13.6. The number of nitrogens with zero attached hydrogens (tertiary/aromatic N) is 2. The average Bonchev–Trinajstić information content (AvgIpc) is 2.66. The van der Waals surface area contributed by atoms with Crippen LogP contribution in [0.4, 0.5) is 11.4 Å². The predicted octanol–water partition coefficient (Wildman–Crippen LogP) is 8.26. The number of rotatable bonds is 8. The zero-order valence-corrected chi connectivity index (χ0v) is 21.2. The van der Waals surface area contributed by atoms with Crippen LogP contribution >= 0.6 is 8.88 Å². The van der Waals surface area contributed by atoms with E-state index in [2.05, 4.69) is 115 Å². The summed E-state index contributed by atoms with van der Waals surface area (Å²) < 4.78 is 4.96. The van der Waals surface area contributed by atoms with Crippen LogP contribution in [0.2, 0.25) is 0 Å². The minimum Gasteiger partial charge on any atom is -0.339 e. The van der Waals surface area contributed by atoms with Crippen molar-refractivity contribution in [3.8, 4) is 0 Å². The van der Waals surface area contributed by atoms with Gasteiger partial charge in [0.1, 0.15) is 0 Å². The Balaban J connectivity index is 2.49. The molecule has 3 heteroatoms. The van der Waals surface area contributed by atoms with Crippen molar-refractivity contribution in [3.05, 3.63) is 58.7 Å². The van der Waals surface area contributed by atoms with E-state index < -0.39 is 0 Å². The monoisotopic (exact) mass is 412 g/mol. The Hall–Kier alpha value is -1.53. The number of benzene rings is 2. The first-order chi connectivity index (χ1) is 13.6. The molecule has 160 valence electrons. The molecule has 0 saturated heterocycles. The molecule has 0 unspecified atom stereocenters. The second-order valence-electron chi connectivity index (χ2n) is 9.41. The lowest BCUT2D eigenvalue weighted by atomic mass is 9.93. The lowest BCUT2D eigenvalue weighted by Crippen LogP contribution is -2.21. The molecule has 0 aliphatic rings. The molecule has 0 bridgehead atoms. The zero-order valence-electron chi connectivity index (χ0n) is 20.2. The Labute approximate surface area is 181 Å². The molecule has 0 aromatic heterocycles. The SMILES string of the molecule is CC(C)c1cccc(C(C)C)c1N(C)PN(C)c1c(C(C)C)cccc1C(C)C. The summed E-state index contributed by atoms with van der Waals surface area (Å²) >= 11 is 0. The molecule has 0 aliphatic heterocycles. The second kappa shape index (κ2) is 9.98. The summed E-state index contributed by atoms with van der Waals surface area (Å²) in [6.45, 7) is 18.4. The van der Waals surface area contributed by atoms with E-state index in [1.54, 1.807) is 0 Å². The molecule has 0 amide bonds. The first-order valence-electron chi connectivity index (χ1n) is 11.1. The van der Waals surface area contributed by atoms with Gasteiger partial charge in [0.05, 0.1) is 8.88 Å². The van der Waals surface area contributed by atoms with Crippen LogP contribution in [-0.4, -0.2) is 14.1 Å². The fraction of sp³-hybridized carbons (Fsp3) is 0.538. The smallest absolute Gasteiger partial charge is 0.0793 e. The van der Waals surface area contributed by atoms with Gasteiger partial charge in [-0.15, -0.1) is 0 Å². The zero-order chi connectivity index (χ0) is 21.9. The average molecular weight is 413 g/mol. The van der Waals surface area contributed by atoms with E-state index in [0.717, 1.165) is 0 Å². The minimum atomic E-state index is 0.510. The number of hydrogen-bond acceptors (Lipinski definition) is 2. The van der Waals surface area contributed by atoms with Crippen LogP contribution in [0.5, 0.6) is 0 Å². The van der Waals surface area contributed by atoms with E-state index >= 15 is 0 Å². The standard InChI is InChI=1S/C26H41N2P/c1-17(2)21-13-11-14-22(18(3)4)25(21)27(9)29-28(10)26-23(19(5)6)15-12-16-24(26)20(7)8/h11-20,29H,1-10H3. The molecule has 0 fully saturated rings. The summed E-state index contributed by atoms with van der Waals surface area (Å²) in [6.07, 6.45) is 0. The van der Waals surface area contributed by atoms with Crippen molar-refractivity contribution in [1.82, 2.24) is 0 Å². The van der Waals surface area contributed by atoms with Crippen molar-refractivity contribution in [2.45, 2.75) is 79.1 Å². The van der Waals surface area contributed by atoms with Gasteiger partial charge in [-0.3, -0.25) is 0 Å². The normalized spacial score (nSPS) is 11.8. The third kappa shape index (κ3) is 5.34. The van der Waals surface area contributed by atoms with E-state index in [-0.39, 0.29) is 0 Å². The van der Waals surface area contributed by atoms with Crippen molar-refractivity contribution >= 4 is 20.3 Å². The first-order valence-corrected chi connectivity index (χ1v) is 11.9. The van der Waals surface area contributed by atoms with Crippen LogP contribution in [0.15, 0.2) is 36.4 Å². The maximum absolute atomic E-state index is 2.48. The molecule has 0 saturated carbocycles. The Bertz CT molecular complexity index is 688. The van der Waals surface area contributed by atoms with Gasteiger partial charge in [0.25, 0.3) is 0 Å². The van der Waals surface area contributed by atoms with E-state index in [1.807, 2.05) is 0 Å². The van der Waals surface area contributed by atoms with Gasteiger partial charge in [-0.05, 0) is 45.9 Å². The molecular formula is C26H41N2P. The van der Waals surface area contributed by atoms with Crippen LogP contribution in [-0.2, 0) is 0 Å². The molecule has 2 aromatic carbocycles. The van der Waals surface area contributed by atoms with Crippen molar-refractivity contribution in [2.75, 3.05) is 23.4 Å². The largest absolute Gasteiger partial charge is 0.339 e. The van der Waals surface area contributed by atoms with E-state index in [1.165, 1.54) is 33.6 Å². The quantitative estimate of drug-likeness (QED) is 0.403. The molecule has 2 nitrogen and oxygen atoms in total. The van der Waals surface area contributed by atoms with Crippen LogP contribution in [0.3, 0.4) is 0 Å². The maximum Gasteiger partial charge on any atom is 0.0793 e. The molecule has 2 rings (SSSR count).